The van der Waals surface area contributed by atoms with E-state index in [2.05, 4.69) is 10.2 Å². The molecule has 0 saturated carbocycles. The number of methoxy groups -OCH3 is 1. The predicted octanol–water partition coefficient (Wildman–Crippen LogP) is 3.26. The van der Waals surface area contributed by atoms with Crippen LogP contribution in [0.1, 0.15) is 23.5 Å². The second kappa shape index (κ2) is 6.05. The Balaban J connectivity index is 1.60. The fourth-order valence-corrected chi connectivity index (χ4v) is 3.57. The molecule has 27 heavy (non-hydrogen) atoms. The number of esters is 1. The first-order valence-corrected chi connectivity index (χ1v) is 8.55. The molecule has 5 rings (SSSR count). The zero-order valence-corrected chi connectivity index (χ0v) is 14.5. The van der Waals surface area contributed by atoms with Crippen LogP contribution in [0.4, 0.5) is 0 Å². The summed E-state index contributed by atoms with van der Waals surface area (Å²) in [5.41, 5.74) is 3.64. The van der Waals surface area contributed by atoms with Crippen molar-refractivity contribution in [1.29, 1.82) is 0 Å². The van der Waals surface area contributed by atoms with Gasteiger partial charge in [0.15, 0.2) is 11.5 Å². The van der Waals surface area contributed by atoms with Gasteiger partial charge in [0.2, 0.25) is 6.79 Å². The number of rotatable bonds is 3. The Morgan fingerprint density at radius 1 is 1.07 bits per heavy atom. The molecule has 1 aromatic heterocycles. The summed E-state index contributed by atoms with van der Waals surface area (Å²) in [7, 11) is 1.63. The van der Waals surface area contributed by atoms with E-state index < -0.39 is 0 Å². The Morgan fingerprint density at radius 3 is 2.63 bits per heavy atom. The number of carbonyl (C=O) groups excluding carboxylic acids is 1. The number of aromatic nitrogens is 2. The first-order valence-electron chi connectivity index (χ1n) is 8.55. The van der Waals surface area contributed by atoms with E-state index in [0.29, 0.717) is 17.2 Å². The van der Waals surface area contributed by atoms with Crippen molar-refractivity contribution in [3.63, 3.8) is 0 Å². The van der Waals surface area contributed by atoms with Crippen molar-refractivity contribution in [3.8, 4) is 34.3 Å². The van der Waals surface area contributed by atoms with Gasteiger partial charge >= 0.3 is 5.97 Å². The molecule has 1 atom stereocenters. The van der Waals surface area contributed by atoms with E-state index in [4.69, 9.17) is 18.9 Å². The highest BCUT2D eigenvalue weighted by atomic mass is 16.7. The number of hydrogen-bond acceptors (Lipinski definition) is 6. The number of hydrogen-bond donors (Lipinski definition) is 1. The lowest BCUT2D eigenvalue weighted by molar-refractivity contribution is -0.135. The van der Waals surface area contributed by atoms with Crippen LogP contribution >= 0.6 is 0 Å². The van der Waals surface area contributed by atoms with E-state index in [1.807, 2.05) is 30.3 Å². The topological polar surface area (TPSA) is 82.7 Å². The Morgan fingerprint density at radius 2 is 1.85 bits per heavy atom. The summed E-state index contributed by atoms with van der Waals surface area (Å²) in [5.74, 6) is 2.05. The lowest BCUT2D eigenvalue weighted by atomic mass is 9.85. The van der Waals surface area contributed by atoms with Gasteiger partial charge in [-0.2, -0.15) is 5.10 Å². The number of nitrogens with zero attached hydrogens (tertiary/aromatic N) is 1. The minimum absolute atomic E-state index is 0.166. The summed E-state index contributed by atoms with van der Waals surface area (Å²) in [6.07, 6.45) is 1.99. The second-order valence-electron chi connectivity index (χ2n) is 6.40. The quantitative estimate of drug-likeness (QED) is 0.567. The smallest absolute Gasteiger partial charge is 0.312 e. The van der Waals surface area contributed by atoms with Crippen molar-refractivity contribution in [1.82, 2.24) is 10.2 Å². The third-order valence-electron chi connectivity index (χ3n) is 4.90. The van der Waals surface area contributed by atoms with Gasteiger partial charge in [-0.05, 0) is 30.3 Å². The molecule has 0 amide bonds. The molecule has 0 bridgehead atoms. The first kappa shape index (κ1) is 15.7. The van der Waals surface area contributed by atoms with E-state index in [1.54, 1.807) is 19.4 Å². The lowest BCUT2D eigenvalue weighted by Gasteiger charge is -2.25. The maximum Gasteiger partial charge on any atom is 0.312 e. The Labute approximate surface area is 154 Å². The van der Waals surface area contributed by atoms with Gasteiger partial charge in [0, 0.05) is 28.7 Å². The molecule has 3 heterocycles. The molecule has 1 unspecified atom stereocenters. The average Bonchev–Trinajstić information content (AvgIpc) is 3.35. The van der Waals surface area contributed by atoms with E-state index in [-0.39, 0.29) is 25.1 Å². The molecule has 7 heteroatoms. The zero-order valence-electron chi connectivity index (χ0n) is 14.5. The molecule has 7 nitrogen and oxygen atoms in total. The van der Waals surface area contributed by atoms with E-state index in [0.717, 1.165) is 28.1 Å². The van der Waals surface area contributed by atoms with Gasteiger partial charge in [-0.1, -0.05) is 0 Å². The third-order valence-corrected chi connectivity index (χ3v) is 4.90. The first-order chi connectivity index (χ1) is 13.2. The van der Waals surface area contributed by atoms with E-state index in [1.165, 1.54) is 0 Å². The fraction of sp³-hybridized carbons (Fsp3) is 0.200. The van der Waals surface area contributed by atoms with E-state index >= 15 is 0 Å². The number of H-pyrrole nitrogens is 1. The molecule has 0 radical (unpaired) electrons. The molecule has 1 N–H and O–H groups in total. The maximum atomic E-state index is 12.2. The Bertz CT molecular complexity index is 1030. The van der Waals surface area contributed by atoms with Gasteiger partial charge < -0.3 is 18.9 Å². The summed E-state index contributed by atoms with van der Waals surface area (Å²) in [5, 5.41) is 7.28. The van der Waals surface area contributed by atoms with Crippen LogP contribution in [0.25, 0.3) is 11.3 Å². The van der Waals surface area contributed by atoms with Crippen molar-refractivity contribution in [2.45, 2.75) is 12.3 Å². The highest BCUT2D eigenvalue weighted by Gasteiger charge is 2.33. The van der Waals surface area contributed by atoms with Gasteiger partial charge in [0.05, 0.1) is 25.4 Å². The maximum absolute atomic E-state index is 12.2. The third kappa shape index (κ3) is 2.59. The SMILES string of the molecule is COc1ccc(-c2[nH]ncc2C2CC(=O)Oc3cc4c(cc32)OCO4)cc1. The van der Waals surface area contributed by atoms with Crippen molar-refractivity contribution in [2.24, 2.45) is 0 Å². The van der Waals surface area contributed by atoms with Crippen LogP contribution in [-0.2, 0) is 4.79 Å². The van der Waals surface area contributed by atoms with Gasteiger partial charge in [-0.25, -0.2) is 0 Å². The van der Waals surface area contributed by atoms with Crippen LogP contribution in [0.2, 0.25) is 0 Å². The molecular formula is C20H16N2O5. The number of fused-ring (bicyclic) bond motifs is 2. The molecule has 0 aliphatic carbocycles. The molecule has 2 aliphatic rings. The Kier molecular flexibility index (Phi) is 3.53. The minimum Gasteiger partial charge on any atom is -0.497 e. The number of ether oxygens (including phenoxy) is 4. The van der Waals surface area contributed by atoms with Gasteiger partial charge in [-0.3, -0.25) is 9.89 Å². The Hall–Kier alpha value is -3.48. The van der Waals surface area contributed by atoms with Gasteiger partial charge in [-0.15, -0.1) is 0 Å². The van der Waals surface area contributed by atoms with Crippen molar-refractivity contribution in [2.75, 3.05) is 13.9 Å². The molecule has 2 aromatic carbocycles. The molecule has 136 valence electrons. The average molecular weight is 364 g/mol. The van der Waals surface area contributed by atoms with Crippen LogP contribution in [0.3, 0.4) is 0 Å². The number of benzene rings is 2. The standard InChI is InChI=1S/C20H16N2O5/c1-24-12-4-2-11(3-5-12)20-15(9-21-22-20)13-7-19(23)27-16-8-18-17(6-14(13)16)25-10-26-18/h2-6,8-9,13H,7,10H2,1H3,(H,21,22). The summed E-state index contributed by atoms with van der Waals surface area (Å²) in [6, 6.07) is 11.3. The summed E-state index contributed by atoms with van der Waals surface area (Å²) < 4.78 is 21.6. The van der Waals surface area contributed by atoms with E-state index in [9.17, 15) is 4.79 Å². The second-order valence-corrected chi connectivity index (χ2v) is 6.40. The normalized spacial score (nSPS) is 17.4. The van der Waals surface area contributed by atoms with Crippen LogP contribution in [0, 0.1) is 0 Å². The molecule has 3 aromatic rings. The fourth-order valence-electron chi connectivity index (χ4n) is 3.57. The molecule has 0 spiro atoms. The summed E-state index contributed by atoms with van der Waals surface area (Å²) in [6.45, 7) is 0.166. The zero-order chi connectivity index (χ0) is 18.4. The summed E-state index contributed by atoms with van der Waals surface area (Å²) in [4.78, 5) is 12.2. The predicted molar refractivity (Wildman–Crippen MR) is 95.2 cm³/mol. The summed E-state index contributed by atoms with van der Waals surface area (Å²) >= 11 is 0. The van der Waals surface area contributed by atoms with Gasteiger partial charge in [0.25, 0.3) is 0 Å². The van der Waals surface area contributed by atoms with Gasteiger partial charge in [0.1, 0.15) is 11.5 Å². The molecule has 0 fully saturated rings. The van der Waals surface area contributed by atoms with Crippen LogP contribution in [0.5, 0.6) is 23.0 Å². The monoisotopic (exact) mass is 364 g/mol. The molecular weight excluding hydrogens is 348 g/mol. The number of carbonyl (C=O) groups is 1. The van der Waals surface area contributed by atoms with Crippen LogP contribution in [0.15, 0.2) is 42.6 Å². The van der Waals surface area contributed by atoms with Crippen LogP contribution in [-0.4, -0.2) is 30.1 Å². The van der Waals surface area contributed by atoms with Crippen molar-refractivity contribution in [3.05, 3.63) is 53.7 Å². The minimum atomic E-state index is -0.284. The lowest BCUT2D eigenvalue weighted by Crippen LogP contribution is -2.21. The highest BCUT2D eigenvalue weighted by Crippen LogP contribution is 2.47. The van der Waals surface area contributed by atoms with Crippen molar-refractivity contribution >= 4 is 5.97 Å². The highest BCUT2D eigenvalue weighted by molar-refractivity contribution is 5.80. The number of nitrogens with one attached hydrogen (secondary N) is 1. The molecule has 2 aliphatic heterocycles. The largest absolute Gasteiger partial charge is 0.497 e. The van der Waals surface area contributed by atoms with Crippen LogP contribution < -0.4 is 18.9 Å². The number of aromatic amines is 1. The van der Waals surface area contributed by atoms with Crippen molar-refractivity contribution < 1.29 is 23.7 Å². The molecule has 0 saturated heterocycles.